The van der Waals surface area contributed by atoms with E-state index in [0.29, 0.717) is 28.4 Å². The Morgan fingerprint density at radius 2 is 1.56 bits per heavy atom. The van der Waals surface area contributed by atoms with E-state index in [1.165, 1.54) is 12.0 Å². The average molecular weight is 527 g/mol. The highest BCUT2D eigenvalue weighted by Gasteiger charge is 2.37. The second-order valence-electron chi connectivity index (χ2n) is 8.91. The molecule has 8 nitrogen and oxygen atoms in total. The minimum atomic E-state index is -0.598. The normalized spacial score (nSPS) is 14.8. The SMILES string of the molecule is COC(=O)C1=C(C)N(c2ccc(OC)cc2)C(=O)/C1=C\c1ccc(OCC(=O)N[C@H](C)c2ccccc2)cc1. The first-order chi connectivity index (χ1) is 18.8. The number of allylic oxidation sites excluding steroid dienone is 1. The zero-order chi connectivity index (χ0) is 27.9. The van der Waals surface area contributed by atoms with Gasteiger partial charge in [-0.3, -0.25) is 14.5 Å². The molecule has 0 fully saturated rings. The van der Waals surface area contributed by atoms with E-state index in [9.17, 15) is 14.4 Å². The summed E-state index contributed by atoms with van der Waals surface area (Å²) in [6.45, 7) is 3.48. The summed E-state index contributed by atoms with van der Waals surface area (Å²) in [5.74, 6) is -0.0314. The van der Waals surface area contributed by atoms with E-state index in [1.54, 1.807) is 68.6 Å². The molecule has 2 amide bonds. The Morgan fingerprint density at radius 3 is 2.18 bits per heavy atom. The number of nitrogens with zero attached hydrogens (tertiary/aromatic N) is 1. The predicted molar refractivity (Wildman–Crippen MR) is 148 cm³/mol. The largest absolute Gasteiger partial charge is 0.497 e. The molecular formula is C31H30N2O6. The molecular weight excluding hydrogens is 496 g/mol. The van der Waals surface area contributed by atoms with E-state index in [-0.39, 0.29) is 35.6 Å². The monoisotopic (exact) mass is 526 g/mol. The Morgan fingerprint density at radius 1 is 0.923 bits per heavy atom. The van der Waals surface area contributed by atoms with Crippen LogP contribution in [0.5, 0.6) is 11.5 Å². The summed E-state index contributed by atoms with van der Waals surface area (Å²) in [6.07, 6.45) is 1.64. The highest BCUT2D eigenvalue weighted by molar-refractivity contribution is 6.23. The number of ether oxygens (including phenoxy) is 3. The van der Waals surface area contributed by atoms with Gasteiger partial charge in [0.15, 0.2) is 6.61 Å². The van der Waals surface area contributed by atoms with Crippen molar-refractivity contribution in [3.8, 4) is 11.5 Å². The molecule has 1 aliphatic rings. The number of anilines is 1. The number of amides is 2. The van der Waals surface area contributed by atoms with E-state index in [4.69, 9.17) is 14.2 Å². The van der Waals surface area contributed by atoms with Crippen molar-refractivity contribution in [1.29, 1.82) is 0 Å². The van der Waals surface area contributed by atoms with Crippen LogP contribution >= 0.6 is 0 Å². The third-order valence-corrected chi connectivity index (χ3v) is 6.36. The van der Waals surface area contributed by atoms with Gasteiger partial charge in [-0.15, -0.1) is 0 Å². The maximum atomic E-state index is 13.4. The third-order valence-electron chi connectivity index (χ3n) is 6.36. The highest BCUT2D eigenvalue weighted by Crippen LogP contribution is 2.36. The summed E-state index contributed by atoms with van der Waals surface area (Å²) in [7, 11) is 2.85. The molecule has 0 saturated carbocycles. The Kier molecular flexibility index (Phi) is 8.46. The van der Waals surface area contributed by atoms with Gasteiger partial charge in [-0.25, -0.2) is 4.79 Å². The lowest BCUT2D eigenvalue weighted by atomic mass is 10.0. The molecule has 4 rings (SSSR count). The highest BCUT2D eigenvalue weighted by atomic mass is 16.5. The molecule has 0 unspecified atom stereocenters. The minimum Gasteiger partial charge on any atom is -0.497 e. The Labute approximate surface area is 227 Å². The van der Waals surface area contributed by atoms with Crippen molar-refractivity contribution < 1.29 is 28.6 Å². The quantitative estimate of drug-likeness (QED) is 0.317. The molecule has 1 atom stereocenters. The van der Waals surface area contributed by atoms with Crippen LogP contribution in [0, 0.1) is 0 Å². The molecule has 0 spiro atoms. The summed E-state index contributed by atoms with van der Waals surface area (Å²) in [5.41, 5.74) is 3.18. The number of carbonyl (C=O) groups is 3. The van der Waals surface area contributed by atoms with Crippen LogP contribution in [0.1, 0.15) is 31.0 Å². The second kappa shape index (κ2) is 12.1. The molecule has 0 aromatic heterocycles. The molecule has 0 saturated heterocycles. The third kappa shape index (κ3) is 6.18. The molecule has 39 heavy (non-hydrogen) atoms. The maximum Gasteiger partial charge on any atom is 0.340 e. The molecule has 0 aliphatic carbocycles. The van der Waals surface area contributed by atoms with Crippen molar-refractivity contribution in [2.45, 2.75) is 19.9 Å². The van der Waals surface area contributed by atoms with E-state index in [2.05, 4.69) is 5.32 Å². The van der Waals surface area contributed by atoms with E-state index in [1.807, 2.05) is 37.3 Å². The summed E-state index contributed by atoms with van der Waals surface area (Å²) < 4.78 is 15.8. The van der Waals surface area contributed by atoms with E-state index in [0.717, 1.165) is 5.56 Å². The van der Waals surface area contributed by atoms with Crippen LogP contribution in [0.3, 0.4) is 0 Å². The van der Waals surface area contributed by atoms with Gasteiger partial charge < -0.3 is 19.5 Å². The van der Waals surface area contributed by atoms with Gasteiger partial charge in [0, 0.05) is 11.4 Å². The molecule has 3 aromatic rings. The van der Waals surface area contributed by atoms with Crippen LogP contribution in [0.25, 0.3) is 6.08 Å². The predicted octanol–water partition coefficient (Wildman–Crippen LogP) is 4.83. The summed E-state index contributed by atoms with van der Waals surface area (Å²) in [6, 6.07) is 23.4. The van der Waals surface area contributed by atoms with Crippen LogP contribution in [0.2, 0.25) is 0 Å². The summed E-state index contributed by atoms with van der Waals surface area (Å²) in [4.78, 5) is 39.9. The van der Waals surface area contributed by atoms with Crippen LogP contribution < -0.4 is 19.7 Å². The molecule has 200 valence electrons. The molecule has 1 N–H and O–H groups in total. The Bertz CT molecular complexity index is 1410. The van der Waals surface area contributed by atoms with E-state index >= 15 is 0 Å². The van der Waals surface area contributed by atoms with Crippen molar-refractivity contribution in [3.63, 3.8) is 0 Å². The van der Waals surface area contributed by atoms with Gasteiger partial charge in [0.2, 0.25) is 0 Å². The smallest absolute Gasteiger partial charge is 0.340 e. The average Bonchev–Trinajstić information content (AvgIpc) is 3.21. The first kappa shape index (κ1) is 27.2. The number of rotatable bonds is 9. The fraction of sp³-hybridized carbons (Fsp3) is 0.194. The number of hydrogen-bond acceptors (Lipinski definition) is 6. The topological polar surface area (TPSA) is 94.2 Å². The number of nitrogens with one attached hydrogen (secondary N) is 1. The number of methoxy groups -OCH3 is 2. The lowest BCUT2D eigenvalue weighted by Crippen LogP contribution is -2.31. The zero-order valence-corrected chi connectivity index (χ0v) is 22.3. The van der Waals surface area contributed by atoms with Gasteiger partial charge in [0.05, 0.1) is 31.4 Å². The molecule has 0 bridgehead atoms. The van der Waals surface area contributed by atoms with Crippen molar-refractivity contribution in [3.05, 3.63) is 107 Å². The summed E-state index contributed by atoms with van der Waals surface area (Å²) >= 11 is 0. The summed E-state index contributed by atoms with van der Waals surface area (Å²) in [5, 5.41) is 2.91. The van der Waals surface area contributed by atoms with Crippen LogP contribution in [-0.2, 0) is 19.1 Å². The second-order valence-corrected chi connectivity index (χ2v) is 8.91. The molecule has 8 heteroatoms. The van der Waals surface area contributed by atoms with Gasteiger partial charge in [-0.05, 0) is 67.4 Å². The molecule has 1 heterocycles. The van der Waals surface area contributed by atoms with Gasteiger partial charge in [0.25, 0.3) is 11.8 Å². The van der Waals surface area contributed by atoms with Gasteiger partial charge in [-0.2, -0.15) is 0 Å². The number of hydrogen-bond donors (Lipinski definition) is 1. The van der Waals surface area contributed by atoms with Gasteiger partial charge >= 0.3 is 5.97 Å². The molecule has 3 aromatic carbocycles. The van der Waals surface area contributed by atoms with Crippen LogP contribution in [0.4, 0.5) is 5.69 Å². The van der Waals surface area contributed by atoms with E-state index < -0.39 is 5.97 Å². The van der Waals surface area contributed by atoms with Gasteiger partial charge in [-0.1, -0.05) is 42.5 Å². The maximum absolute atomic E-state index is 13.4. The van der Waals surface area contributed by atoms with Crippen molar-refractivity contribution >= 4 is 29.5 Å². The standard InChI is InChI=1S/C31H30N2O6/c1-20(23-8-6-5-7-9-23)32-28(34)19-39-26-14-10-22(11-15-26)18-27-29(31(36)38-4)21(2)33(30(27)35)24-12-16-25(37-3)17-13-24/h5-18,20H,19H2,1-4H3,(H,32,34)/b27-18-/t20-/m1/s1. The Hall–Kier alpha value is -4.85. The zero-order valence-electron chi connectivity index (χ0n) is 22.3. The molecule has 0 radical (unpaired) electrons. The fourth-order valence-electron chi connectivity index (χ4n) is 4.31. The van der Waals surface area contributed by atoms with Crippen LogP contribution in [-0.4, -0.2) is 38.6 Å². The van der Waals surface area contributed by atoms with Crippen LogP contribution in [0.15, 0.2) is 95.7 Å². The van der Waals surface area contributed by atoms with Crippen molar-refractivity contribution in [2.75, 3.05) is 25.7 Å². The fourth-order valence-corrected chi connectivity index (χ4v) is 4.31. The van der Waals surface area contributed by atoms with Crippen molar-refractivity contribution in [2.24, 2.45) is 0 Å². The Balaban J connectivity index is 1.47. The number of benzene rings is 3. The lowest BCUT2D eigenvalue weighted by Gasteiger charge is -2.18. The van der Waals surface area contributed by atoms with Crippen molar-refractivity contribution in [1.82, 2.24) is 5.32 Å². The number of carbonyl (C=O) groups excluding carboxylic acids is 3. The van der Waals surface area contributed by atoms with Gasteiger partial charge in [0.1, 0.15) is 11.5 Å². The first-order valence-electron chi connectivity index (χ1n) is 12.4. The lowest BCUT2D eigenvalue weighted by molar-refractivity contribution is -0.136. The first-order valence-corrected chi connectivity index (χ1v) is 12.4. The number of esters is 1. The minimum absolute atomic E-state index is 0.138. The molecule has 1 aliphatic heterocycles.